The monoisotopic (exact) mass is 403 g/mol. The van der Waals surface area contributed by atoms with Crippen LogP contribution >= 0.6 is 0 Å². The summed E-state index contributed by atoms with van der Waals surface area (Å²) < 4.78 is 4.60. The predicted molar refractivity (Wildman–Crippen MR) is 102 cm³/mol. The zero-order valence-electron chi connectivity index (χ0n) is 16.5. The molecule has 0 aromatic carbocycles. The van der Waals surface area contributed by atoms with Crippen LogP contribution < -0.4 is 0 Å². The van der Waals surface area contributed by atoms with Crippen molar-refractivity contribution in [1.82, 2.24) is 0 Å². The fourth-order valence-electron chi connectivity index (χ4n) is 2.42. The molecule has 0 saturated carbocycles. The quantitative estimate of drug-likeness (QED) is 0.114. The number of hydrogen-bond acceptors (Lipinski definition) is 2. The summed E-state index contributed by atoms with van der Waals surface area (Å²) in [5.74, 6) is -0.664. The molecular formula is C21H39O3Zn-. The Kier molecular flexibility index (Phi) is 23.6. The SMILES string of the molecule is CCCCCCCC/C=C\CCCCCCCC(=O)O.[CH2-]C1CO1.[Zn]. The number of epoxide rings is 1. The van der Waals surface area contributed by atoms with Crippen LogP contribution in [0, 0.1) is 6.92 Å². The second-order valence-electron chi connectivity index (χ2n) is 6.68. The van der Waals surface area contributed by atoms with E-state index in [-0.39, 0.29) is 19.5 Å². The van der Waals surface area contributed by atoms with Crippen LogP contribution in [0.2, 0.25) is 0 Å². The first kappa shape index (κ1) is 27.0. The molecule has 25 heavy (non-hydrogen) atoms. The average Bonchev–Trinajstić information content (AvgIpc) is 3.34. The molecule has 0 aliphatic carbocycles. The maximum Gasteiger partial charge on any atom is 0.303 e. The number of hydrogen-bond donors (Lipinski definition) is 1. The molecule has 0 aromatic heterocycles. The number of unbranched alkanes of at least 4 members (excludes halogenated alkanes) is 11. The summed E-state index contributed by atoms with van der Waals surface area (Å²) in [6.07, 6.45) is 21.6. The van der Waals surface area contributed by atoms with E-state index < -0.39 is 5.97 Å². The Hall–Kier alpha value is -0.207. The van der Waals surface area contributed by atoms with Gasteiger partial charge < -0.3 is 16.8 Å². The minimum absolute atomic E-state index is 0. The molecule has 1 unspecified atom stereocenters. The Morgan fingerprint density at radius 1 is 0.960 bits per heavy atom. The number of carboxylic acid groups (broad SMARTS) is 1. The fraction of sp³-hybridized carbons (Fsp3) is 0.810. The first-order chi connectivity index (χ1) is 11.7. The molecule has 3 nitrogen and oxygen atoms in total. The van der Waals surface area contributed by atoms with Crippen LogP contribution in [0.15, 0.2) is 12.2 Å². The third-order valence-electron chi connectivity index (χ3n) is 4.05. The van der Waals surface area contributed by atoms with Crippen LogP contribution in [0.4, 0.5) is 0 Å². The number of carbonyl (C=O) groups is 1. The first-order valence-electron chi connectivity index (χ1n) is 9.98. The van der Waals surface area contributed by atoms with Gasteiger partial charge in [0.05, 0.1) is 0 Å². The van der Waals surface area contributed by atoms with E-state index in [0.717, 1.165) is 19.4 Å². The van der Waals surface area contributed by atoms with Crippen molar-refractivity contribution in [3.63, 3.8) is 0 Å². The van der Waals surface area contributed by atoms with Gasteiger partial charge in [0.1, 0.15) is 0 Å². The Balaban J connectivity index is 0. The molecule has 0 amide bonds. The fourth-order valence-corrected chi connectivity index (χ4v) is 2.42. The van der Waals surface area contributed by atoms with Crippen molar-refractivity contribution in [1.29, 1.82) is 0 Å². The Morgan fingerprint density at radius 3 is 1.76 bits per heavy atom. The van der Waals surface area contributed by atoms with Crippen molar-refractivity contribution in [3.8, 4) is 0 Å². The summed E-state index contributed by atoms with van der Waals surface area (Å²) in [6.45, 7) is 6.66. The molecule has 1 heterocycles. The minimum Gasteiger partial charge on any atom is -0.481 e. The molecule has 0 bridgehead atoms. The van der Waals surface area contributed by atoms with Gasteiger partial charge in [0.25, 0.3) is 0 Å². The van der Waals surface area contributed by atoms with E-state index in [4.69, 9.17) is 5.11 Å². The largest absolute Gasteiger partial charge is 0.481 e. The number of carboxylic acids is 1. The van der Waals surface area contributed by atoms with Crippen molar-refractivity contribution in [2.24, 2.45) is 0 Å². The third kappa shape index (κ3) is 28.8. The van der Waals surface area contributed by atoms with Gasteiger partial charge in [-0.15, -0.1) is 0 Å². The topological polar surface area (TPSA) is 49.8 Å². The van der Waals surface area contributed by atoms with Gasteiger partial charge in [-0.2, -0.15) is 0 Å². The average molecular weight is 405 g/mol. The van der Waals surface area contributed by atoms with Gasteiger partial charge in [-0.05, 0) is 38.2 Å². The van der Waals surface area contributed by atoms with Crippen molar-refractivity contribution in [3.05, 3.63) is 19.1 Å². The van der Waals surface area contributed by atoms with E-state index in [1.807, 2.05) is 0 Å². The molecule has 1 N–H and O–H groups in total. The van der Waals surface area contributed by atoms with Crippen LogP contribution in [0.25, 0.3) is 0 Å². The van der Waals surface area contributed by atoms with Crippen LogP contribution in [0.5, 0.6) is 0 Å². The number of aliphatic carboxylic acids is 1. The predicted octanol–water partition coefficient (Wildman–Crippen LogP) is 6.33. The second-order valence-corrected chi connectivity index (χ2v) is 6.68. The summed E-state index contributed by atoms with van der Waals surface area (Å²) in [7, 11) is 0. The Labute approximate surface area is 168 Å². The summed E-state index contributed by atoms with van der Waals surface area (Å²) in [4.78, 5) is 10.3. The minimum atomic E-state index is -0.664. The Morgan fingerprint density at radius 2 is 1.36 bits per heavy atom. The van der Waals surface area contributed by atoms with E-state index in [9.17, 15) is 4.79 Å². The molecule has 1 fully saturated rings. The van der Waals surface area contributed by atoms with E-state index in [1.54, 1.807) is 0 Å². The van der Waals surface area contributed by atoms with Gasteiger partial charge >= 0.3 is 5.97 Å². The molecule has 0 radical (unpaired) electrons. The smallest absolute Gasteiger partial charge is 0.303 e. The molecule has 1 rings (SSSR count). The molecule has 144 valence electrons. The zero-order valence-corrected chi connectivity index (χ0v) is 19.5. The summed E-state index contributed by atoms with van der Waals surface area (Å²) >= 11 is 0. The van der Waals surface area contributed by atoms with Gasteiger partial charge in [-0.1, -0.05) is 70.4 Å². The molecule has 1 saturated heterocycles. The maximum atomic E-state index is 10.3. The van der Waals surface area contributed by atoms with Crippen LogP contribution in [0.3, 0.4) is 0 Å². The summed E-state index contributed by atoms with van der Waals surface area (Å²) in [5, 5.41) is 8.51. The molecule has 0 spiro atoms. The first-order valence-corrected chi connectivity index (χ1v) is 9.98. The third-order valence-corrected chi connectivity index (χ3v) is 4.05. The molecular weight excluding hydrogens is 366 g/mol. The molecule has 4 heteroatoms. The van der Waals surface area contributed by atoms with Gasteiger partial charge in [-0.25, -0.2) is 0 Å². The van der Waals surface area contributed by atoms with Crippen molar-refractivity contribution < 1.29 is 34.1 Å². The van der Waals surface area contributed by atoms with E-state index in [0.29, 0.717) is 12.5 Å². The van der Waals surface area contributed by atoms with Crippen molar-refractivity contribution in [2.45, 2.75) is 103 Å². The maximum absolute atomic E-state index is 10.3. The van der Waals surface area contributed by atoms with Crippen LogP contribution in [0.1, 0.15) is 96.8 Å². The number of ether oxygens (including phenoxy) is 1. The molecule has 1 aliphatic heterocycles. The molecule has 1 aliphatic rings. The van der Waals surface area contributed by atoms with Crippen LogP contribution in [-0.4, -0.2) is 23.8 Å². The van der Waals surface area contributed by atoms with Gasteiger partial charge in [-0.3, -0.25) is 4.79 Å². The van der Waals surface area contributed by atoms with E-state index >= 15 is 0 Å². The van der Waals surface area contributed by atoms with Gasteiger partial charge in [0.2, 0.25) is 0 Å². The number of rotatable bonds is 15. The molecule has 1 atom stereocenters. The van der Waals surface area contributed by atoms with Crippen molar-refractivity contribution in [2.75, 3.05) is 6.61 Å². The number of allylic oxidation sites excluding steroid dienone is 2. The zero-order chi connectivity index (χ0) is 17.9. The van der Waals surface area contributed by atoms with Gasteiger partial charge in [0.15, 0.2) is 0 Å². The summed E-state index contributed by atoms with van der Waals surface area (Å²) in [6, 6.07) is 0. The van der Waals surface area contributed by atoms with E-state index in [2.05, 4.69) is 30.7 Å². The van der Waals surface area contributed by atoms with E-state index in [1.165, 1.54) is 70.6 Å². The molecule has 0 aromatic rings. The second kappa shape index (κ2) is 21.8. The Bertz CT molecular complexity index is 302. The normalized spacial score (nSPS) is 15.4. The van der Waals surface area contributed by atoms with Crippen LogP contribution in [-0.2, 0) is 29.0 Å². The standard InChI is InChI=1S/C18H34O2.C3H5O.Zn/c1-2-3-4-5-6-7-8-9-10-11-12-13-14-15-16-17-18(19)20;1-3-2-4-3;/h9-10H,2-8,11-17H2,1H3,(H,19,20);3H,1-2H2;/q;-1;/b10-9-;;. The van der Waals surface area contributed by atoms with Gasteiger partial charge in [0, 0.05) is 32.5 Å². The summed E-state index contributed by atoms with van der Waals surface area (Å²) in [5.41, 5.74) is 0. The van der Waals surface area contributed by atoms with Crippen molar-refractivity contribution >= 4 is 5.97 Å².